The van der Waals surface area contributed by atoms with Gasteiger partial charge in [-0.3, -0.25) is 0 Å². The molecule has 88 valence electrons. The number of anilines is 1. The molecule has 1 aromatic heterocycles. The predicted octanol–water partition coefficient (Wildman–Crippen LogP) is 3.23. The van der Waals surface area contributed by atoms with Crippen LogP contribution in [0, 0.1) is 0 Å². The molecule has 0 bridgehead atoms. The highest BCUT2D eigenvalue weighted by molar-refractivity contribution is 9.10. The Kier molecular flexibility index (Phi) is 2.67. The molecule has 0 fully saturated rings. The first-order valence-electron chi connectivity index (χ1n) is 5.86. The average molecular weight is 292 g/mol. The Bertz CT molecular complexity index is 543. The van der Waals surface area contributed by atoms with Crippen LogP contribution in [0.15, 0.2) is 28.9 Å². The number of imidazole rings is 1. The summed E-state index contributed by atoms with van der Waals surface area (Å²) >= 11 is 3.56. The zero-order valence-corrected chi connectivity index (χ0v) is 11.1. The van der Waals surface area contributed by atoms with Gasteiger partial charge in [-0.2, -0.15) is 0 Å². The summed E-state index contributed by atoms with van der Waals surface area (Å²) in [6, 6.07) is 7.92. The topological polar surface area (TPSA) is 43.8 Å². The number of hydrogen-bond donors (Lipinski definition) is 1. The van der Waals surface area contributed by atoms with Crippen molar-refractivity contribution >= 4 is 21.6 Å². The maximum absolute atomic E-state index is 5.71. The number of nitrogen functional groups attached to an aromatic ring is 1. The molecule has 2 aromatic rings. The van der Waals surface area contributed by atoms with Gasteiger partial charge in [0.05, 0.1) is 5.69 Å². The van der Waals surface area contributed by atoms with Gasteiger partial charge in [0, 0.05) is 17.8 Å². The highest BCUT2D eigenvalue weighted by atomic mass is 79.9. The Balaban J connectivity index is 2.11. The van der Waals surface area contributed by atoms with Gasteiger partial charge in [-0.15, -0.1) is 0 Å². The summed E-state index contributed by atoms with van der Waals surface area (Å²) in [7, 11) is 0. The number of fused-ring (bicyclic) bond motifs is 1. The van der Waals surface area contributed by atoms with E-state index in [0.29, 0.717) is 0 Å². The standard InChI is InChI=1S/C13H14BrN3/c14-12-11-3-1-2-8-17(11)13(16-12)9-4-6-10(15)7-5-9/h4-7H,1-3,8,15H2. The number of halogens is 1. The fraction of sp³-hybridized carbons (Fsp3) is 0.308. The van der Waals surface area contributed by atoms with E-state index in [4.69, 9.17) is 5.73 Å². The van der Waals surface area contributed by atoms with Crippen molar-refractivity contribution in [2.75, 3.05) is 5.73 Å². The van der Waals surface area contributed by atoms with E-state index < -0.39 is 0 Å². The molecule has 3 rings (SSSR count). The monoisotopic (exact) mass is 291 g/mol. The van der Waals surface area contributed by atoms with Gasteiger partial charge in [0.1, 0.15) is 10.4 Å². The second-order valence-corrected chi connectivity index (χ2v) is 5.15. The van der Waals surface area contributed by atoms with E-state index in [2.05, 4.69) is 25.5 Å². The largest absolute Gasteiger partial charge is 0.399 e. The van der Waals surface area contributed by atoms with Gasteiger partial charge < -0.3 is 10.3 Å². The van der Waals surface area contributed by atoms with Crippen LogP contribution >= 0.6 is 15.9 Å². The zero-order chi connectivity index (χ0) is 11.8. The molecule has 0 amide bonds. The number of nitrogens with zero attached hydrogens (tertiary/aromatic N) is 2. The van der Waals surface area contributed by atoms with Gasteiger partial charge in [-0.25, -0.2) is 4.98 Å². The van der Waals surface area contributed by atoms with Crippen LogP contribution < -0.4 is 5.73 Å². The molecular weight excluding hydrogens is 278 g/mol. The van der Waals surface area contributed by atoms with E-state index >= 15 is 0 Å². The van der Waals surface area contributed by atoms with E-state index in [1.54, 1.807) is 0 Å². The van der Waals surface area contributed by atoms with Gasteiger partial charge in [-0.1, -0.05) is 0 Å². The molecule has 3 nitrogen and oxygen atoms in total. The number of benzene rings is 1. The number of nitrogens with two attached hydrogens (primary N) is 1. The van der Waals surface area contributed by atoms with Crippen LogP contribution in [0.4, 0.5) is 5.69 Å². The Hall–Kier alpha value is -1.29. The van der Waals surface area contributed by atoms with Crippen LogP contribution in [0.3, 0.4) is 0 Å². The summed E-state index contributed by atoms with van der Waals surface area (Å²) in [4.78, 5) is 4.63. The van der Waals surface area contributed by atoms with E-state index in [1.807, 2.05) is 24.3 Å². The Morgan fingerprint density at radius 1 is 1.18 bits per heavy atom. The van der Waals surface area contributed by atoms with Crippen LogP contribution in [0.5, 0.6) is 0 Å². The van der Waals surface area contributed by atoms with Crippen molar-refractivity contribution in [2.24, 2.45) is 0 Å². The third kappa shape index (κ3) is 1.86. The molecule has 1 aromatic carbocycles. The molecule has 0 atom stereocenters. The summed E-state index contributed by atoms with van der Waals surface area (Å²) < 4.78 is 3.31. The van der Waals surface area contributed by atoms with Crippen LogP contribution in [0.25, 0.3) is 11.4 Å². The first-order valence-corrected chi connectivity index (χ1v) is 6.66. The van der Waals surface area contributed by atoms with E-state index in [-0.39, 0.29) is 0 Å². The lowest BCUT2D eigenvalue weighted by Gasteiger charge is -2.16. The molecule has 2 N–H and O–H groups in total. The lowest BCUT2D eigenvalue weighted by atomic mass is 10.1. The fourth-order valence-corrected chi connectivity index (χ4v) is 2.93. The normalized spacial score (nSPS) is 14.6. The average Bonchev–Trinajstić information content (AvgIpc) is 2.69. The van der Waals surface area contributed by atoms with Gasteiger partial charge in [-0.05, 0) is 59.5 Å². The zero-order valence-electron chi connectivity index (χ0n) is 9.49. The Morgan fingerprint density at radius 2 is 1.94 bits per heavy atom. The summed E-state index contributed by atoms with van der Waals surface area (Å²) in [5.74, 6) is 1.05. The summed E-state index contributed by atoms with van der Waals surface area (Å²) in [5.41, 5.74) is 8.96. The summed E-state index contributed by atoms with van der Waals surface area (Å²) in [6.45, 7) is 1.06. The van der Waals surface area contributed by atoms with Crippen molar-refractivity contribution in [1.29, 1.82) is 0 Å². The molecule has 0 radical (unpaired) electrons. The fourth-order valence-electron chi connectivity index (χ4n) is 2.35. The van der Waals surface area contributed by atoms with Crippen LogP contribution in [-0.2, 0) is 13.0 Å². The van der Waals surface area contributed by atoms with Crippen molar-refractivity contribution in [3.63, 3.8) is 0 Å². The molecule has 17 heavy (non-hydrogen) atoms. The quantitative estimate of drug-likeness (QED) is 0.820. The van der Waals surface area contributed by atoms with Gasteiger partial charge in [0.2, 0.25) is 0 Å². The maximum atomic E-state index is 5.71. The van der Waals surface area contributed by atoms with Crippen molar-refractivity contribution in [3.05, 3.63) is 34.6 Å². The molecule has 2 heterocycles. The molecule has 1 aliphatic rings. The number of rotatable bonds is 1. The van der Waals surface area contributed by atoms with Crippen molar-refractivity contribution < 1.29 is 0 Å². The van der Waals surface area contributed by atoms with Crippen LogP contribution in [-0.4, -0.2) is 9.55 Å². The van der Waals surface area contributed by atoms with Crippen LogP contribution in [0.1, 0.15) is 18.5 Å². The van der Waals surface area contributed by atoms with Gasteiger partial charge in [0.15, 0.2) is 0 Å². The minimum atomic E-state index is 0.790. The molecule has 0 saturated heterocycles. The predicted molar refractivity (Wildman–Crippen MR) is 72.7 cm³/mol. The molecule has 0 spiro atoms. The van der Waals surface area contributed by atoms with E-state index in [1.165, 1.54) is 18.5 Å². The first-order chi connectivity index (χ1) is 8.25. The van der Waals surface area contributed by atoms with E-state index in [0.717, 1.165) is 34.6 Å². The SMILES string of the molecule is Nc1ccc(-c2nc(Br)c3n2CCCC3)cc1. The molecule has 1 aliphatic heterocycles. The smallest absolute Gasteiger partial charge is 0.141 e. The second-order valence-electron chi connectivity index (χ2n) is 4.40. The first kappa shape index (κ1) is 10.8. The van der Waals surface area contributed by atoms with Crippen molar-refractivity contribution in [3.8, 4) is 11.4 Å². The Morgan fingerprint density at radius 3 is 2.71 bits per heavy atom. The van der Waals surface area contributed by atoms with Gasteiger partial charge >= 0.3 is 0 Å². The second kappa shape index (κ2) is 4.18. The Labute approximate surface area is 109 Å². The van der Waals surface area contributed by atoms with Gasteiger partial charge in [0.25, 0.3) is 0 Å². The number of hydrogen-bond acceptors (Lipinski definition) is 2. The maximum Gasteiger partial charge on any atom is 0.141 e. The highest BCUT2D eigenvalue weighted by Crippen LogP contribution is 2.30. The third-order valence-corrected chi connectivity index (χ3v) is 3.87. The summed E-state index contributed by atoms with van der Waals surface area (Å²) in [6.07, 6.45) is 3.60. The van der Waals surface area contributed by atoms with E-state index in [9.17, 15) is 0 Å². The highest BCUT2D eigenvalue weighted by Gasteiger charge is 2.19. The number of aromatic nitrogens is 2. The van der Waals surface area contributed by atoms with Crippen molar-refractivity contribution in [2.45, 2.75) is 25.8 Å². The lowest BCUT2D eigenvalue weighted by Crippen LogP contribution is -2.11. The minimum absolute atomic E-state index is 0.790. The lowest BCUT2D eigenvalue weighted by molar-refractivity contribution is 0.535. The molecule has 0 saturated carbocycles. The molecule has 0 unspecified atom stereocenters. The molecular formula is C13H14BrN3. The molecule has 4 heteroatoms. The molecule has 0 aliphatic carbocycles. The van der Waals surface area contributed by atoms with Crippen LogP contribution in [0.2, 0.25) is 0 Å². The summed E-state index contributed by atoms with van der Waals surface area (Å²) in [5, 5.41) is 0. The minimum Gasteiger partial charge on any atom is -0.399 e. The third-order valence-electron chi connectivity index (χ3n) is 3.24. The van der Waals surface area contributed by atoms with Crippen molar-refractivity contribution in [1.82, 2.24) is 9.55 Å².